The molecule has 2 aliphatic heterocycles. The van der Waals surface area contributed by atoms with E-state index in [1.54, 1.807) is 12.2 Å². The van der Waals surface area contributed by atoms with Gasteiger partial charge in [-0.3, -0.25) is 18.7 Å². The van der Waals surface area contributed by atoms with Gasteiger partial charge in [-0.1, -0.05) is 64.1 Å². The lowest BCUT2D eigenvalue weighted by Gasteiger charge is -2.35. The van der Waals surface area contributed by atoms with Crippen molar-refractivity contribution in [2.45, 2.75) is 51.4 Å². The van der Waals surface area contributed by atoms with E-state index >= 15 is 0 Å². The number of benzene rings is 2. The Balaban J connectivity index is 1.44. The maximum Gasteiger partial charge on any atom is 0.264 e. The molecule has 0 spiro atoms. The highest BCUT2D eigenvalue weighted by Crippen LogP contribution is 2.51. The summed E-state index contributed by atoms with van der Waals surface area (Å²) < 4.78 is 64.1. The number of carbonyl (C=O) groups is 2. The van der Waals surface area contributed by atoms with Crippen LogP contribution in [0.3, 0.4) is 0 Å². The summed E-state index contributed by atoms with van der Waals surface area (Å²) in [5.41, 5.74) is 4.05. The van der Waals surface area contributed by atoms with Crippen LogP contribution in [0.4, 0.5) is 11.4 Å². The van der Waals surface area contributed by atoms with Crippen molar-refractivity contribution in [1.29, 1.82) is 0 Å². The first kappa shape index (κ1) is 32.1. The number of ketones is 2. The summed E-state index contributed by atoms with van der Waals surface area (Å²) >= 11 is 0. The van der Waals surface area contributed by atoms with Crippen molar-refractivity contribution in [3.63, 3.8) is 0 Å². The number of allylic oxidation sites excluding steroid dienone is 4. The smallest absolute Gasteiger partial charge is 0.264 e. The van der Waals surface area contributed by atoms with Crippen LogP contribution in [-0.4, -0.2) is 62.1 Å². The summed E-state index contributed by atoms with van der Waals surface area (Å²) in [7, 11) is -8.29. The highest BCUT2D eigenvalue weighted by atomic mass is 32.2. The Hall–Kier alpha value is -3.32. The van der Waals surface area contributed by atoms with Crippen LogP contribution in [0, 0.1) is 11.8 Å². The molecule has 2 aromatic carbocycles. The lowest BCUT2D eigenvalue weighted by Crippen LogP contribution is -2.48. The maximum atomic E-state index is 13.6. The largest absolute Gasteiger partial charge is 0.344 e. The molecule has 1 fully saturated rings. The zero-order valence-corrected chi connectivity index (χ0v) is 26.9. The van der Waals surface area contributed by atoms with E-state index in [4.69, 9.17) is 0 Å². The molecule has 0 unspecified atom stereocenters. The number of Topliss-reactive ketones (excluding diaryl/α,β-unsaturated/α-hetero) is 2. The summed E-state index contributed by atoms with van der Waals surface area (Å²) in [6.45, 7) is 8.54. The van der Waals surface area contributed by atoms with E-state index in [0.717, 1.165) is 33.9 Å². The lowest BCUT2D eigenvalue weighted by atomic mass is 9.69. The van der Waals surface area contributed by atoms with Gasteiger partial charge in [-0.25, -0.2) is 0 Å². The van der Waals surface area contributed by atoms with Crippen molar-refractivity contribution in [2.75, 3.05) is 34.4 Å². The molecule has 0 atom stereocenters. The number of fused-ring (bicyclic) bond motifs is 2. The minimum Gasteiger partial charge on any atom is -0.344 e. The van der Waals surface area contributed by atoms with Gasteiger partial charge in [0.2, 0.25) is 0 Å². The molecule has 5 rings (SSSR count). The number of nitrogens with zero attached hydrogens (tertiary/aromatic N) is 2. The minimum absolute atomic E-state index is 0.158. The van der Waals surface area contributed by atoms with Crippen LogP contribution in [0.2, 0.25) is 0 Å². The molecule has 10 nitrogen and oxygen atoms in total. The predicted molar refractivity (Wildman–Crippen MR) is 169 cm³/mol. The Morgan fingerprint density at radius 1 is 0.659 bits per heavy atom. The van der Waals surface area contributed by atoms with Gasteiger partial charge in [0.25, 0.3) is 20.2 Å². The third-order valence-electron chi connectivity index (χ3n) is 9.04. The predicted octanol–water partition coefficient (Wildman–Crippen LogP) is 4.29. The van der Waals surface area contributed by atoms with E-state index in [9.17, 15) is 35.5 Å². The number of anilines is 2. The van der Waals surface area contributed by atoms with Crippen LogP contribution >= 0.6 is 0 Å². The average molecular weight is 643 g/mol. The van der Waals surface area contributed by atoms with Crippen LogP contribution < -0.4 is 9.80 Å². The van der Waals surface area contributed by atoms with Crippen molar-refractivity contribution in [3.05, 3.63) is 83.2 Å². The first-order valence-corrected chi connectivity index (χ1v) is 17.8. The second kappa shape index (κ2) is 11.2. The summed E-state index contributed by atoms with van der Waals surface area (Å²) in [6, 6.07) is 15.3. The third kappa shape index (κ3) is 5.88. The van der Waals surface area contributed by atoms with Gasteiger partial charge in [-0.05, 0) is 48.3 Å². The van der Waals surface area contributed by atoms with Crippen molar-refractivity contribution < 1.29 is 35.5 Å². The van der Waals surface area contributed by atoms with E-state index in [-0.39, 0.29) is 37.5 Å². The van der Waals surface area contributed by atoms with Crippen molar-refractivity contribution >= 4 is 43.2 Å². The van der Waals surface area contributed by atoms with E-state index in [1.807, 2.05) is 86.0 Å². The summed E-state index contributed by atoms with van der Waals surface area (Å²) in [6.07, 6.45) is 3.72. The molecule has 12 heteroatoms. The van der Waals surface area contributed by atoms with Crippen LogP contribution in [0.15, 0.2) is 72.1 Å². The number of hydrogen-bond acceptors (Lipinski definition) is 8. The Bertz CT molecular complexity index is 1650. The molecule has 236 valence electrons. The zero-order valence-electron chi connectivity index (χ0n) is 25.2. The molecule has 2 N–H and O–H groups in total. The Morgan fingerprint density at radius 3 is 1.34 bits per heavy atom. The van der Waals surface area contributed by atoms with Crippen molar-refractivity contribution in [1.82, 2.24) is 0 Å². The molecule has 0 aromatic heterocycles. The van der Waals surface area contributed by atoms with Gasteiger partial charge in [0, 0.05) is 46.7 Å². The van der Waals surface area contributed by atoms with Crippen LogP contribution in [-0.2, 0) is 40.7 Å². The molecule has 2 aromatic rings. The van der Waals surface area contributed by atoms with Gasteiger partial charge in [-0.2, -0.15) is 16.8 Å². The summed E-state index contributed by atoms with van der Waals surface area (Å²) in [5, 5.41) is 0. The second-order valence-electron chi connectivity index (χ2n) is 12.7. The van der Waals surface area contributed by atoms with Crippen LogP contribution in [0.1, 0.15) is 51.7 Å². The Morgan fingerprint density at radius 2 is 1.00 bits per heavy atom. The average Bonchev–Trinajstić information content (AvgIpc) is 3.27. The first-order chi connectivity index (χ1) is 20.4. The summed E-state index contributed by atoms with van der Waals surface area (Å²) in [5.74, 6) is -3.24. The fourth-order valence-corrected chi connectivity index (χ4v) is 7.78. The normalized spacial score (nSPS) is 24.1. The molecular weight excluding hydrogens is 604 g/mol. The standard InChI is InChI=1S/C32H38N2O8S2/c1-31(2)23-11-5-7-13-25(23)33(15-9-17-43(37,38)39)27(31)19-21-29(35)22(30(21)36)20-28-32(3,4)24-12-6-8-14-26(24)34(28)16-10-18-44(40,41)42/h5-8,11-14,19-22H,9-10,15-18H2,1-4H3,(H,37,38,39)(H,40,41,42). The minimum atomic E-state index is -4.15. The number of carbonyl (C=O) groups excluding carboxylic acids is 2. The molecular formula is C32H38N2O8S2. The molecule has 2 heterocycles. The molecule has 0 saturated heterocycles. The van der Waals surface area contributed by atoms with Crippen molar-refractivity contribution in [2.24, 2.45) is 11.8 Å². The Kier molecular flexibility index (Phi) is 8.20. The van der Waals surface area contributed by atoms with E-state index in [1.165, 1.54) is 0 Å². The monoisotopic (exact) mass is 642 g/mol. The quantitative estimate of drug-likeness (QED) is 0.284. The van der Waals surface area contributed by atoms with Crippen LogP contribution in [0.5, 0.6) is 0 Å². The number of rotatable bonds is 10. The van der Waals surface area contributed by atoms with Gasteiger partial charge in [-0.15, -0.1) is 0 Å². The molecule has 0 radical (unpaired) electrons. The first-order valence-electron chi connectivity index (χ1n) is 14.6. The van der Waals surface area contributed by atoms with E-state index in [2.05, 4.69) is 0 Å². The Labute approximate surface area is 258 Å². The van der Waals surface area contributed by atoms with Crippen molar-refractivity contribution in [3.8, 4) is 0 Å². The zero-order chi connectivity index (χ0) is 32.2. The van der Waals surface area contributed by atoms with Gasteiger partial charge in [0.15, 0.2) is 11.6 Å². The number of para-hydroxylation sites is 2. The lowest BCUT2D eigenvalue weighted by molar-refractivity contribution is -0.146. The van der Waals surface area contributed by atoms with Gasteiger partial charge in [0.1, 0.15) is 0 Å². The second-order valence-corrected chi connectivity index (χ2v) is 15.9. The SMILES string of the molecule is CC1(C)C(=CC2C(=O)C(C=C3N(CCCS(=O)(=O)O)c4ccccc4C3(C)C)C2=O)N(CCCS(=O)(=O)O)c2ccccc21. The van der Waals surface area contributed by atoms with Gasteiger partial charge >= 0.3 is 0 Å². The fraction of sp³-hybridized carbons (Fsp3) is 0.438. The highest BCUT2D eigenvalue weighted by molar-refractivity contribution is 7.86. The fourth-order valence-electron chi connectivity index (χ4n) is 6.79. The molecule has 1 aliphatic carbocycles. The molecule has 1 saturated carbocycles. The van der Waals surface area contributed by atoms with Gasteiger partial charge in [0.05, 0.1) is 23.3 Å². The van der Waals surface area contributed by atoms with Gasteiger partial charge < -0.3 is 9.80 Å². The summed E-state index contributed by atoms with van der Waals surface area (Å²) in [4.78, 5) is 31.2. The molecule has 3 aliphatic rings. The third-order valence-corrected chi connectivity index (χ3v) is 10.7. The molecule has 44 heavy (non-hydrogen) atoms. The van der Waals surface area contributed by atoms with E-state index in [0.29, 0.717) is 0 Å². The molecule has 0 bridgehead atoms. The topological polar surface area (TPSA) is 149 Å². The van der Waals surface area contributed by atoms with Crippen LogP contribution in [0.25, 0.3) is 0 Å². The number of hydrogen-bond donors (Lipinski definition) is 2. The molecule has 0 amide bonds. The van der Waals surface area contributed by atoms with E-state index < -0.39 is 54.4 Å². The highest BCUT2D eigenvalue weighted by Gasteiger charge is 2.51. The maximum absolute atomic E-state index is 13.6.